The first-order valence-electron chi connectivity index (χ1n) is 8.08. The number of aromatic nitrogens is 3. The van der Waals surface area contributed by atoms with Crippen LogP contribution in [0.2, 0.25) is 5.02 Å². The molecule has 0 aliphatic carbocycles. The molecule has 1 aromatic carbocycles. The smallest absolute Gasteiger partial charge is 0.366 e. The number of benzene rings is 1. The van der Waals surface area contributed by atoms with E-state index in [1.807, 2.05) is 0 Å². The fraction of sp³-hybridized carbons (Fsp3) is 0.111. The van der Waals surface area contributed by atoms with Crippen LogP contribution >= 0.6 is 11.6 Å². The molecule has 0 unspecified atom stereocenters. The van der Waals surface area contributed by atoms with Crippen molar-refractivity contribution in [2.75, 3.05) is 5.32 Å². The molecule has 0 saturated heterocycles. The van der Waals surface area contributed by atoms with Crippen molar-refractivity contribution in [1.82, 2.24) is 14.8 Å². The van der Waals surface area contributed by atoms with E-state index in [4.69, 9.17) is 17.3 Å². The first-order valence-corrected chi connectivity index (χ1v) is 8.45. The number of alkyl halides is 3. The second-order valence-electron chi connectivity index (χ2n) is 6.00. The summed E-state index contributed by atoms with van der Waals surface area (Å²) in [7, 11) is 0. The highest BCUT2D eigenvalue weighted by Crippen LogP contribution is 2.31. The minimum Gasteiger partial charge on any atom is -0.366 e. The molecule has 11 heteroatoms. The number of anilines is 1. The third-order valence-electron chi connectivity index (χ3n) is 3.86. The second kappa shape index (κ2) is 7.55. The fourth-order valence-corrected chi connectivity index (χ4v) is 2.73. The van der Waals surface area contributed by atoms with E-state index in [1.54, 1.807) is 13.0 Å². The van der Waals surface area contributed by atoms with Crippen LogP contribution in [0.3, 0.4) is 0 Å². The largest absolute Gasteiger partial charge is 0.435 e. The summed E-state index contributed by atoms with van der Waals surface area (Å²) in [5.41, 5.74) is 4.30. The Hall–Kier alpha value is -3.40. The number of primary amides is 1. The van der Waals surface area contributed by atoms with Gasteiger partial charge in [-0.3, -0.25) is 9.59 Å². The summed E-state index contributed by atoms with van der Waals surface area (Å²) < 4.78 is 40.2. The lowest BCUT2D eigenvalue weighted by atomic mass is 10.1. The van der Waals surface area contributed by atoms with Gasteiger partial charge < -0.3 is 11.1 Å². The molecule has 0 radical (unpaired) electrons. The van der Waals surface area contributed by atoms with Gasteiger partial charge >= 0.3 is 6.18 Å². The summed E-state index contributed by atoms with van der Waals surface area (Å²) >= 11 is 6.01. The van der Waals surface area contributed by atoms with Crippen molar-refractivity contribution in [3.8, 4) is 5.82 Å². The number of carbonyl (C=O) groups excluding carboxylic acids is 2. The second-order valence-corrected chi connectivity index (χ2v) is 6.41. The monoisotopic (exact) mass is 423 g/mol. The van der Waals surface area contributed by atoms with Crippen molar-refractivity contribution < 1.29 is 22.8 Å². The number of aryl methyl sites for hydroxylation is 1. The number of hydrogen-bond donors (Lipinski definition) is 2. The van der Waals surface area contributed by atoms with Crippen LogP contribution in [-0.4, -0.2) is 26.6 Å². The number of rotatable bonds is 4. The van der Waals surface area contributed by atoms with Crippen molar-refractivity contribution in [3.05, 3.63) is 70.1 Å². The van der Waals surface area contributed by atoms with Gasteiger partial charge in [0, 0.05) is 12.3 Å². The lowest BCUT2D eigenvalue weighted by Gasteiger charge is -2.11. The summed E-state index contributed by atoms with van der Waals surface area (Å²) in [5, 5.41) is 5.82. The summed E-state index contributed by atoms with van der Waals surface area (Å²) in [6, 6.07) is 7.92. The van der Waals surface area contributed by atoms with Crippen LogP contribution in [0.25, 0.3) is 5.82 Å². The van der Waals surface area contributed by atoms with Crippen LogP contribution in [0.5, 0.6) is 0 Å². The molecular weight excluding hydrogens is 411 g/mol. The predicted molar refractivity (Wildman–Crippen MR) is 99.0 cm³/mol. The van der Waals surface area contributed by atoms with Crippen molar-refractivity contribution >= 4 is 29.1 Å². The van der Waals surface area contributed by atoms with Crippen LogP contribution in [0.1, 0.15) is 32.1 Å². The SMILES string of the molecule is Cc1ccc(NC(=O)c2cc(C(F)(F)F)nn2-c2ncccc2Cl)c(C(N)=O)c1. The topological polar surface area (TPSA) is 103 Å². The Bertz CT molecular complexity index is 1110. The molecule has 2 heterocycles. The van der Waals surface area contributed by atoms with Crippen molar-refractivity contribution in [1.29, 1.82) is 0 Å². The number of nitrogens with zero attached hydrogens (tertiary/aromatic N) is 3. The van der Waals surface area contributed by atoms with Crippen molar-refractivity contribution in [3.63, 3.8) is 0 Å². The molecular formula is C18H13ClF3N5O2. The van der Waals surface area contributed by atoms with Gasteiger partial charge in [0.15, 0.2) is 11.5 Å². The molecule has 3 rings (SSSR count). The highest BCUT2D eigenvalue weighted by atomic mass is 35.5. The summed E-state index contributed by atoms with van der Waals surface area (Å²) in [6.45, 7) is 1.71. The lowest BCUT2D eigenvalue weighted by molar-refractivity contribution is -0.141. The Morgan fingerprint density at radius 2 is 1.93 bits per heavy atom. The van der Waals surface area contributed by atoms with E-state index < -0.39 is 29.4 Å². The number of amides is 2. The van der Waals surface area contributed by atoms with Gasteiger partial charge in [-0.15, -0.1) is 0 Å². The highest BCUT2D eigenvalue weighted by Gasteiger charge is 2.36. The van der Waals surface area contributed by atoms with E-state index in [0.29, 0.717) is 16.3 Å². The van der Waals surface area contributed by atoms with Gasteiger partial charge in [0.05, 0.1) is 16.3 Å². The number of halogens is 4. The molecule has 0 aliphatic rings. The zero-order chi connectivity index (χ0) is 21.3. The zero-order valence-electron chi connectivity index (χ0n) is 14.8. The third kappa shape index (κ3) is 4.21. The molecule has 2 amide bonds. The molecule has 7 nitrogen and oxygen atoms in total. The Labute approximate surface area is 167 Å². The quantitative estimate of drug-likeness (QED) is 0.669. The minimum absolute atomic E-state index is 0.00784. The third-order valence-corrected chi connectivity index (χ3v) is 4.16. The molecule has 3 aromatic rings. The average Bonchev–Trinajstić information content (AvgIpc) is 3.09. The van der Waals surface area contributed by atoms with Crippen molar-refractivity contribution in [2.45, 2.75) is 13.1 Å². The Kier molecular flexibility index (Phi) is 5.29. The Morgan fingerprint density at radius 3 is 2.55 bits per heavy atom. The highest BCUT2D eigenvalue weighted by molar-refractivity contribution is 6.32. The van der Waals surface area contributed by atoms with Crippen LogP contribution in [0, 0.1) is 6.92 Å². The standard InChI is InChI=1S/C18H13ClF3N5O2/c1-9-4-5-12(10(7-9)15(23)28)25-17(29)13-8-14(18(20,21)22)26-27(13)16-11(19)3-2-6-24-16/h2-8H,1H3,(H2,23,28)(H,25,29). The van der Waals surface area contributed by atoms with Gasteiger partial charge in [-0.25, -0.2) is 9.67 Å². The van der Waals surface area contributed by atoms with Crippen LogP contribution < -0.4 is 11.1 Å². The predicted octanol–water partition coefficient (Wildman–Crippen LogP) is 3.60. The fourth-order valence-electron chi connectivity index (χ4n) is 2.53. The normalized spacial score (nSPS) is 11.3. The van der Waals surface area contributed by atoms with Gasteiger partial charge in [0.2, 0.25) is 0 Å². The Morgan fingerprint density at radius 1 is 1.21 bits per heavy atom. The Balaban J connectivity index is 2.09. The van der Waals surface area contributed by atoms with Gasteiger partial charge in [-0.05, 0) is 31.2 Å². The molecule has 0 fully saturated rings. The maximum atomic E-state index is 13.2. The van der Waals surface area contributed by atoms with Crippen LogP contribution in [0.4, 0.5) is 18.9 Å². The number of nitrogens with one attached hydrogen (secondary N) is 1. The van der Waals surface area contributed by atoms with Crippen LogP contribution in [-0.2, 0) is 6.18 Å². The summed E-state index contributed by atoms with van der Waals surface area (Å²) in [4.78, 5) is 28.3. The first kappa shape index (κ1) is 20.3. The molecule has 0 saturated carbocycles. The number of carbonyl (C=O) groups is 2. The number of pyridine rings is 1. The molecule has 0 spiro atoms. The molecule has 29 heavy (non-hydrogen) atoms. The molecule has 0 atom stereocenters. The summed E-state index contributed by atoms with van der Waals surface area (Å²) in [6.07, 6.45) is -3.51. The van der Waals surface area contributed by atoms with Gasteiger partial charge in [-0.1, -0.05) is 23.2 Å². The van der Waals surface area contributed by atoms with Crippen LogP contribution in [0.15, 0.2) is 42.6 Å². The van der Waals surface area contributed by atoms with E-state index in [0.717, 1.165) is 0 Å². The van der Waals surface area contributed by atoms with Gasteiger partial charge in [-0.2, -0.15) is 18.3 Å². The molecule has 0 aliphatic heterocycles. The van der Waals surface area contributed by atoms with E-state index in [-0.39, 0.29) is 22.1 Å². The first-order chi connectivity index (χ1) is 13.6. The van der Waals surface area contributed by atoms with Gasteiger partial charge in [0.25, 0.3) is 11.8 Å². The molecule has 150 valence electrons. The van der Waals surface area contributed by atoms with E-state index >= 15 is 0 Å². The maximum absolute atomic E-state index is 13.2. The van der Waals surface area contributed by atoms with Crippen molar-refractivity contribution in [2.24, 2.45) is 5.73 Å². The number of hydrogen-bond acceptors (Lipinski definition) is 4. The molecule has 0 bridgehead atoms. The zero-order valence-corrected chi connectivity index (χ0v) is 15.5. The minimum atomic E-state index is -4.80. The van der Waals surface area contributed by atoms with E-state index in [1.165, 1.54) is 30.5 Å². The summed E-state index contributed by atoms with van der Waals surface area (Å²) in [5.74, 6) is -1.92. The molecule has 3 N–H and O–H groups in total. The van der Waals surface area contributed by atoms with E-state index in [9.17, 15) is 22.8 Å². The number of nitrogens with two attached hydrogens (primary N) is 1. The maximum Gasteiger partial charge on any atom is 0.435 e. The average molecular weight is 424 g/mol. The molecule has 2 aromatic heterocycles. The lowest BCUT2D eigenvalue weighted by Crippen LogP contribution is -2.21. The van der Waals surface area contributed by atoms with Gasteiger partial charge in [0.1, 0.15) is 5.69 Å². The van der Waals surface area contributed by atoms with E-state index in [2.05, 4.69) is 15.4 Å².